The Kier molecular flexibility index (Phi) is 7.05. The van der Waals surface area contributed by atoms with Crippen LogP contribution in [0.4, 0.5) is 0 Å². The summed E-state index contributed by atoms with van der Waals surface area (Å²) in [5.41, 5.74) is 1.03. The van der Waals surface area contributed by atoms with E-state index in [0.29, 0.717) is 19.4 Å². The lowest BCUT2D eigenvalue weighted by Gasteiger charge is -2.25. The molecule has 0 aliphatic heterocycles. The zero-order valence-electron chi connectivity index (χ0n) is 13.5. The highest BCUT2D eigenvalue weighted by molar-refractivity contribution is 5.83. The van der Waals surface area contributed by atoms with E-state index in [1.807, 2.05) is 30.3 Å². The fourth-order valence-corrected chi connectivity index (χ4v) is 2.22. The molecule has 1 amide bonds. The van der Waals surface area contributed by atoms with Crippen LogP contribution in [0.5, 0.6) is 0 Å². The predicted molar refractivity (Wildman–Crippen MR) is 84.8 cm³/mol. The summed E-state index contributed by atoms with van der Waals surface area (Å²) in [4.78, 5) is 23.1. The Bertz CT molecular complexity index is 485. The lowest BCUT2D eigenvalue weighted by Crippen LogP contribution is -2.41. The van der Waals surface area contributed by atoms with E-state index in [9.17, 15) is 9.59 Å². The molecule has 1 rings (SSSR count). The molecule has 122 valence electrons. The number of carboxylic acid groups (broad SMARTS) is 1. The lowest BCUT2D eigenvalue weighted by molar-refractivity contribution is -0.142. The molecule has 2 N–H and O–H groups in total. The van der Waals surface area contributed by atoms with E-state index in [2.05, 4.69) is 19.2 Å². The van der Waals surface area contributed by atoms with Gasteiger partial charge in [0, 0.05) is 26.6 Å². The van der Waals surface area contributed by atoms with Crippen molar-refractivity contribution < 1.29 is 19.4 Å². The minimum absolute atomic E-state index is 0.135. The van der Waals surface area contributed by atoms with E-state index < -0.39 is 12.0 Å². The summed E-state index contributed by atoms with van der Waals surface area (Å²) >= 11 is 0. The molecule has 5 heteroatoms. The van der Waals surface area contributed by atoms with Crippen molar-refractivity contribution in [3.05, 3.63) is 35.9 Å². The Morgan fingerprint density at radius 1 is 1.27 bits per heavy atom. The van der Waals surface area contributed by atoms with Gasteiger partial charge in [-0.15, -0.1) is 0 Å². The molecule has 0 saturated heterocycles. The average Bonchev–Trinajstić information content (AvgIpc) is 2.50. The van der Waals surface area contributed by atoms with Gasteiger partial charge in [-0.3, -0.25) is 4.79 Å². The van der Waals surface area contributed by atoms with Crippen LogP contribution in [0.25, 0.3) is 0 Å². The molecule has 0 heterocycles. The first-order valence-electron chi connectivity index (χ1n) is 7.43. The highest BCUT2D eigenvalue weighted by atomic mass is 16.5. The van der Waals surface area contributed by atoms with Gasteiger partial charge in [-0.25, -0.2) is 4.79 Å². The number of carbonyl (C=O) groups excluding carboxylic acids is 1. The summed E-state index contributed by atoms with van der Waals surface area (Å²) in [6.07, 6.45) is 1.21. The number of aliphatic carboxylic acids is 1. The smallest absolute Gasteiger partial charge is 0.326 e. The summed E-state index contributed by atoms with van der Waals surface area (Å²) in [6, 6.07) is 9.09. The van der Waals surface area contributed by atoms with Gasteiger partial charge in [0.05, 0.1) is 0 Å². The monoisotopic (exact) mass is 307 g/mol. The molecule has 1 aromatic rings. The summed E-state index contributed by atoms with van der Waals surface area (Å²) in [7, 11) is 1.50. The summed E-state index contributed by atoms with van der Waals surface area (Å²) in [5, 5.41) is 11.6. The Morgan fingerprint density at radius 2 is 1.91 bits per heavy atom. The zero-order valence-corrected chi connectivity index (χ0v) is 13.5. The van der Waals surface area contributed by atoms with Crippen LogP contribution in [-0.2, 0) is 19.7 Å². The summed E-state index contributed by atoms with van der Waals surface area (Å²) < 4.78 is 4.86. The van der Waals surface area contributed by atoms with Gasteiger partial charge in [-0.05, 0) is 17.4 Å². The summed E-state index contributed by atoms with van der Waals surface area (Å²) in [6.45, 7) is 4.46. The van der Waals surface area contributed by atoms with Crippen molar-refractivity contribution in [2.24, 2.45) is 0 Å². The second-order valence-electron chi connectivity index (χ2n) is 5.99. The van der Waals surface area contributed by atoms with Crippen molar-refractivity contribution in [1.29, 1.82) is 0 Å². The minimum atomic E-state index is -1.03. The lowest BCUT2D eigenvalue weighted by atomic mass is 9.80. The number of ether oxygens (including phenoxy) is 1. The van der Waals surface area contributed by atoms with Gasteiger partial charge in [0.2, 0.25) is 5.91 Å². The molecule has 0 aromatic heterocycles. The number of nitrogens with one attached hydrogen (secondary N) is 1. The molecule has 0 radical (unpaired) electrons. The topological polar surface area (TPSA) is 75.6 Å². The Labute approximate surface area is 131 Å². The molecular weight excluding hydrogens is 282 g/mol. The maximum atomic E-state index is 12.0. The van der Waals surface area contributed by atoms with Crippen LogP contribution >= 0.6 is 0 Å². The fourth-order valence-electron chi connectivity index (χ4n) is 2.22. The molecule has 22 heavy (non-hydrogen) atoms. The molecule has 0 fully saturated rings. The number of rotatable bonds is 9. The Morgan fingerprint density at radius 3 is 2.45 bits per heavy atom. The third-order valence-corrected chi connectivity index (χ3v) is 3.78. The van der Waals surface area contributed by atoms with E-state index in [-0.39, 0.29) is 17.7 Å². The highest BCUT2D eigenvalue weighted by Gasteiger charge is 2.24. The molecule has 1 atom stereocenters. The molecular formula is C17H25NO4. The number of amides is 1. The normalized spacial score (nSPS) is 12.7. The molecule has 0 saturated carbocycles. The second-order valence-corrected chi connectivity index (χ2v) is 5.99. The maximum absolute atomic E-state index is 12.0. The summed E-state index contributed by atoms with van der Waals surface area (Å²) in [5.74, 6) is -1.28. The van der Waals surface area contributed by atoms with Crippen molar-refractivity contribution in [3.63, 3.8) is 0 Å². The first-order valence-corrected chi connectivity index (χ1v) is 7.43. The van der Waals surface area contributed by atoms with Crippen molar-refractivity contribution in [3.8, 4) is 0 Å². The van der Waals surface area contributed by atoms with Crippen molar-refractivity contribution in [2.45, 2.75) is 44.6 Å². The largest absolute Gasteiger partial charge is 0.480 e. The first kappa shape index (κ1) is 18.2. The minimum Gasteiger partial charge on any atom is -0.480 e. The number of hydrogen-bond acceptors (Lipinski definition) is 3. The number of hydrogen-bond donors (Lipinski definition) is 2. The van der Waals surface area contributed by atoms with E-state index in [1.165, 1.54) is 7.11 Å². The van der Waals surface area contributed by atoms with E-state index in [0.717, 1.165) is 5.56 Å². The van der Waals surface area contributed by atoms with Gasteiger partial charge in [-0.2, -0.15) is 0 Å². The third kappa shape index (κ3) is 5.85. The predicted octanol–water partition coefficient (Wildman–Crippen LogP) is 2.35. The van der Waals surface area contributed by atoms with Crippen LogP contribution in [0.1, 0.15) is 38.7 Å². The van der Waals surface area contributed by atoms with E-state index in [1.54, 1.807) is 0 Å². The van der Waals surface area contributed by atoms with Crippen LogP contribution in [0.15, 0.2) is 30.3 Å². The fraction of sp³-hybridized carbons (Fsp3) is 0.529. The van der Waals surface area contributed by atoms with Crippen molar-refractivity contribution in [2.75, 3.05) is 13.7 Å². The number of benzene rings is 1. The van der Waals surface area contributed by atoms with Crippen LogP contribution in [-0.4, -0.2) is 36.7 Å². The van der Waals surface area contributed by atoms with Crippen LogP contribution in [0, 0.1) is 0 Å². The van der Waals surface area contributed by atoms with Gasteiger partial charge in [0.15, 0.2) is 0 Å². The number of carboxylic acids is 1. The molecule has 0 aliphatic carbocycles. The molecule has 1 aromatic carbocycles. The van der Waals surface area contributed by atoms with Crippen LogP contribution in [0.3, 0.4) is 0 Å². The highest BCUT2D eigenvalue weighted by Crippen LogP contribution is 2.27. The van der Waals surface area contributed by atoms with E-state index >= 15 is 0 Å². The Balaban J connectivity index is 2.52. The molecule has 1 unspecified atom stereocenters. The van der Waals surface area contributed by atoms with Crippen molar-refractivity contribution >= 4 is 11.9 Å². The molecule has 5 nitrogen and oxygen atoms in total. The second kappa shape index (κ2) is 8.54. The number of methoxy groups -OCH3 is 1. The van der Waals surface area contributed by atoms with Gasteiger partial charge in [0.25, 0.3) is 0 Å². The Hall–Kier alpha value is -1.88. The van der Waals surface area contributed by atoms with Gasteiger partial charge in [0.1, 0.15) is 6.04 Å². The third-order valence-electron chi connectivity index (χ3n) is 3.78. The SMILES string of the molecule is COCCC(NC(=O)CCC(C)(C)c1ccccc1)C(=O)O. The van der Waals surface area contributed by atoms with E-state index in [4.69, 9.17) is 9.84 Å². The van der Waals surface area contributed by atoms with Crippen LogP contribution in [0.2, 0.25) is 0 Å². The standard InChI is InChI=1S/C17H25NO4/c1-17(2,13-7-5-4-6-8-13)11-9-15(19)18-14(16(20)21)10-12-22-3/h4-8,14H,9-12H2,1-3H3,(H,18,19)(H,20,21). The zero-order chi connectivity index (χ0) is 16.6. The maximum Gasteiger partial charge on any atom is 0.326 e. The van der Waals surface area contributed by atoms with Gasteiger partial charge in [-0.1, -0.05) is 44.2 Å². The number of carbonyl (C=O) groups is 2. The molecule has 0 bridgehead atoms. The van der Waals surface area contributed by atoms with Gasteiger partial charge < -0.3 is 15.2 Å². The first-order chi connectivity index (χ1) is 10.4. The van der Waals surface area contributed by atoms with Crippen LogP contribution < -0.4 is 5.32 Å². The van der Waals surface area contributed by atoms with Crippen molar-refractivity contribution in [1.82, 2.24) is 5.32 Å². The quantitative estimate of drug-likeness (QED) is 0.734. The van der Waals surface area contributed by atoms with Gasteiger partial charge >= 0.3 is 5.97 Å². The average molecular weight is 307 g/mol. The molecule has 0 aliphatic rings. The molecule has 0 spiro atoms.